The summed E-state index contributed by atoms with van der Waals surface area (Å²) in [5.41, 5.74) is -1.82. The molecule has 0 amide bonds. The zero-order chi connectivity index (χ0) is 23.6. The van der Waals surface area contributed by atoms with E-state index in [2.05, 4.69) is 9.97 Å². The minimum absolute atomic E-state index is 0. The Labute approximate surface area is 208 Å². The maximum atomic E-state index is 14.0. The summed E-state index contributed by atoms with van der Waals surface area (Å²) in [6, 6.07) is 5.74. The van der Waals surface area contributed by atoms with Gasteiger partial charge < -0.3 is 19.4 Å². The van der Waals surface area contributed by atoms with Crippen LogP contribution in [0.5, 0.6) is 11.6 Å². The molecule has 168 valence electrons. The second-order valence-corrected chi connectivity index (χ2v) is 7.14. The van der Waals surface area contributed by atoms with Crippen molar-refractivity contribution in [2.45, 2.75) is 26.4 Å². The summed E-state index contributed by atoms with van der Waals surface area (Å²) in [6.45, 7) is 4.18. The Morgan fingerprint density at radius 1 is 0.970 bits per heavy atom. The van der Waals surface area contributed by atoms with Crippen LogP contribution in [0.4, 0.5) is 17.6 Å². The molecule has 33 heavy (non-hydrogen) atoms. The fourth-order valence-corrected chi connectivity index (χ4v) is 2.69. The van der Waals surface area contributed by atoms with Crippen molar-refractivity contribution in [2.75, 3.05) is 6.61 Å². The predicted octanol–water partition coefficient (Wildman–Crippen LogP) is 0.677. The first-order chi connectivity index (χ1) is 15.0. The molecule has 0 aliphatic rings. The number of carboxylic acid groups (broad SMARTS) is 1. The third kappa shape index (κ3) is 6.01. The number of benzene rings is 2. The van der Waals surface area contributed by atoms with Gasteiger partial charge in [0.1, 0.15) is 11.4 Å². The number of aromatic nitrogens is 2. The molecule has 0 saturated heterocycles. The minimum Gasteiger partial charge on any atom is -0.546 e. The van der Waals surface area contributed by atoms with Gasteiger partial charge in [-0.2, -0.15) is 4.98 Å². The molecule has 0 unspecified atom stereocenters. The molecule has 0 radical (unpaired) electrons. The number of aliphatic carboxylic acids is 1. The van der Waals surface area contributed by atoms with Gasteiger partial charge in [0.25, 0.3) is 0 Å². The summed E-state index contributed by atoms with van der Waals surface area (Å²) >= 11 is 0. The first-order valence-electron chi connectivity index (χ1n) is 9.39. The SMILES string of the molecule is CCOc1cc(F)c(F)cc1-c1cc(OC(C)(C)C(=O)[O-])nc(-c2ccc(F)c(F)c2)n1.[Na+]. The van der Waals surface area contributed by atoms with Crippen molar-refractivity contribution in [2.24, 2.45) is 0 Å². The molecule has 6 nitrogen and oxygen atoms in total. The number of carboxylic acids is 1. The molecular weight excluding hydrogens is 455 g/mol. The Morgan fingerprint density at radius 2 is 1.61 bits per heavy atom. The fourth-order valence-electron chi connectivity index (χ4n) is 2.69. The number of nitrogens with zero attached hydrogens (tertiary/aromatic N) is 2. The van der Waals surface area contributed by atoms with Crippen LogP contribution >= 0.6 is 0 Å². The Hall–Kier alpha value is -2.69. The van der Waals surface area contributed by atoms with E-state index in [9.17, 15) is 27.5 Å². The van der Waals surface area contributed by atoms with Gasteiger partial charge in [-0.1, -0.05) is 0 Å². The molecule has 1 aromatic heterocycles. The van der Waals surface area contributed by atoms with E-state index >= 15 is 0 Å². The number of carbonyl (C=O) groups is 1. The van der Waals surface area contributed by atoms with Crippen LogP contribution in [0.2, 0.25) is 0 Å². The van der Waals surface area contributed by atoms with Crippen LogP contribution in [-0.4, -0.2) is 28.1 Å². The van der Waals surface area contributed by atoms with Crippen molar-refractivity contribution in [1.29, 1.82) is 0 Å². The summed E-state index contributed by atoms with van der Waals surface area (Å²) in [5.74, 6) is -6.67. The van der Waals surface area contributed by atoms with Gasteiger partial charge in [0.15, 0.2) is 29.1 Å². The zero-order valence-corrected chi connectivity index (χ0v) is 20.2. The van der Waals surface area contributed by atoms with Crippen LogP contribution < -0.4 is 44.1 Å². The Morgan fingerprint density at radius 3 is 2.21 bits per heavy atom. The van der Waals surface area contributed by atoms with Gasteiger partial charge in [-0.25, -0.2) is 22.5 Å². The van der Waals surface area contributed by atoms with E-state index in [1.165, 1.54) is 26.0 Å². The van der Waals surface area contributed by atoms with Crippen LogP contribution in [0.1, 0.15) is 20.8 Å². The second-order valence-electron chi connectivity index (χ2n) is 7.14. The molecule has 0 aliphatic carbocycles. The molecule has 0 N–H and O–H groups in total. The molecule has 3 rings (SSSR count). The smallest absolute Gasteiger partial charge is 0.546 e. The number of rotatable bonds is 7. The first-order valence-corrected chi connectivity index (χ1v) is 9.39. The summed E-state index contributed by atoms with van der Waals surface area (Å²) in [4.78, 5) is 19.6. The molecule has 2 aromatic carbocycles. The average molecular weight is 472 g/mol. The maximum Gasteiger partial charge on any atom is 1.00 e. The van der Waals surface area contributed by atoms with E-state index in [1.54, 1.807) is 6.92 Å². The van der Waals surface area contributed by atoms with Gasteiger partial charge in [0.05, 0.1) is 18.3 Å². The van der Waals surface area contributed by atoms with Gasteiger partial charge in [0, 0.05) is 23.3 Å². The van der Waals surface area contributed by atoms with E-state index in [-0.39, 0.29) is 70.4 Å². The molecule has 1 heterocycles. The molecule has 0 atom stereocenters. The van der Waals surface area contributed by atoms with Gasteiger partial charge >= 0.3 is 29.6 Å². The van der Waals surface area contributed by atoms with Crippen molar-refractivity contribution in [1.82, 2.24) is 9.97 Å². The molecule has 0 bridgehead atoms. The fraction of sp³-hybridized carbons (Fsp3) is 0.227. The topological polar surface area (TPSA) is 84.4 Å². The number of hydrogen-bond donors (Lipinski definition) is 0. The third-order valence-electron chi connectivity index (χ3n) is 4.33. The summed E-state index contributed by atoms with van der Waals surface area (Å²) in [5, 5.41) is 11.4. The molecule has 0 aliphatic heterocycles. The van der Waals surface area contributed by atoms with Crippen LogP contribution in [0.3, 0.4) is 0 Å². The normalized spacial score (nSPS) is 11.0. The summed E-state index contributed by atoms with van der Waals surface area (Å²) in [6.07, 6.45) is 0. The Bertz CT molecular complexity index is 1190. The molecule has 3 aromatic rings. The van der Waals surface area contributed by atoms with Crippen molar-refractivity contribution < 1.29 is 66.5 Å². The van der Waals surface area contributed by atoms with Gasteiger partial charge in [-0.3, -0.25) is 0 Å². The van der Waals surface area contributed by atoms with E-state index < -0.39 is 34.8 Å². The average Bonchev–Trinajstić information content (AvgIpc) is 2.72. The molecule has 0 fully saturated rings. The third-order valence-corrected chi connectivity index (χ3v) is 4.33. The Kier molecular flexibility index (Phi) is 8.45. The van der Waals surface area contributed by atoms with Crippen molar-refractivity contribution >= 4 is 5.97 Å². The molecule has 0 saturated carbocycles. The van der Waals surface area contributed by atoms with Crippen LogP contribution in [0.25, 0.3) is 22.6 Å². The van der Waals surface area contributed by atoms with Gasteiger partial charge in [-0.05, 0) is 45.0 Å². The zero-order valence-electron chi connectivity index (χ0n) is 18.2. The molecule has 11 heteroatoms. The number of carbonyl (C=O) groups excluding carboxylic acids is 1. The number of ether oxygens (including phenoxy) is 2. The quantitative estimate of drug-likeness (QED) is 0.372. The second kappa shape index (κ2) is 10.5. The molecular formula is C22H17F4N2NaO4. The van der Waals surface area contributed by atoms with Crippen molar-refractivity contribution in [3.8, 4) is 34.3 Å². The van der Waals surface area contributed by atoms with E-state index in [4.69, 9.17) is 9.47 Å². The monoisotopic (exact) mass is 472 g/mol. The van der Waals surface area contributed by atoms with Crippen LogP contribution in [-0.2, 0) is 4.79 Å². The summed E-state index contributed by atoms with van der Waals surface area (Å²) < 4.78 is 65.7. The summed E-state index contributed by atoms with van der Waals surface area (Å²) in [7, 11) is 0. The number of hydrogen-bond acceptors (Lipinski definition) is 6. The van der Waals surface area contributed by atoms with Gasteiger partial charge in [-0.15, -0.1) is 0 Å². The predicted molar refractivity (Wildman–Crippen MR) is 104 cm³/mol. The van der Waals surface area contributed by atoms with Crippen molar-refractivity contribution in [3.05, 3.63) is 59.7 Å². The van der Waals surface area contributed by atoms with E-state index in [0.29, 0.717) is 0 Å². The Balaban J connectivity index is 0.00000385. The molecule has 0 spiro atoms. The van der Waals surface area contributed by atoms with Crippen molar-refractivity contribution in [3.63, 3.8) is 0 Å². The minimum atomic E-state index is -1.83. The standard InChI is InChI=1S/C22H18F4N2O4.Na/c1-4-31-18-9-16(26)15(25)8-12(18)17-10-19(32-22(2,3)21(29)30)28-20(27-17)11-5-6-13(23)14(24)7-11;/h5-10H,4H2,1-3H3,(H,29,30);/q;+1/p-1. The van der Waals surface area contributed by atoms with E-state index in [1.807, 2.05) is 0 Å². The van der Waals surface area contributed by atoms with Crippen LogP contribution in [0, 0.1) is 23.3 Å². The van der Waals surface area contributed by atoms with Crippen LogP contribution in [0.15, 0.2) is 36.4 Å². The largest absolute Gasteiger partial charge is 1.00 e. The maximum absolute atomic E-state index is 14.0. The first kappa shape index (κ1) is 26.6. The van der Waals surface area contributed by atoms with Gasteiger partial charge in [0.2, 0.25) is 5.88 Å². The van der Waals surface area contributed by atoms with E-state index in [0.717, 1.165) is 24.3 Å². The number of halogens is 4.